The molecule has 0 spiro atoms. The van der Waals surface area contributed by atoms with Crippen molar-refractivity contribution in [1.82, 2.24) is 24.5 Å². The van der Waals surface area contributed by atoms with Crippen molar-refractivity contribution in [2.24, 2.45) is 5.73 Å². The van der Waals surface area contributed by atoms with E-state index in [1.807, 2.05) is 36.4 Å². The SMILES string of the molecule is NC/C(=C\F)Cn1ncn(Cc2ccc(-c3cccc(-c4noc(C5CC5)n4)c3)s2)c1=O. The van der Waals surface area contributed by atoms with E-state index in [0.29, 0.717) is 30.2 Å². The molecule has 164 valence electrons. The van der Waals surface area contributed by atoms with Crippen LogP contribution in [0.25, 0.3) is 21.8 Å². The van der Waals surface area contributed by atoms with Gasteiger partial charge in [-0.3, -0.25) is 4.57 Å². The molecule has 10 heteroatoms. The lowest BCUT2D eigenvalue weighted by Gasteiger charge is -2.02. The lowest BCUT2D eigenvalue weighted by molar-refractivity contribution is 0.380. The van der Waals surface area contributed by atoms with E-state index in [-0.39, 0.29) is 18.8 Å². The molecule has 0 bridgehead atoms. The van der Waals surface area contributed by atoms with Crippen molar-refractivity contribution >= 4 is 11.3 Å². The van der Waals surface area contributed by atoms with Gasteiger partial charge in [0.05, 0.1) is 19.4 Å². The zero-order valence-corrected chi connectivity index (χ0v) is 18.0. The molecule has 1 aromatic carbocycles. The first-order valence-corrected chi connectivity index (χ1v) is 11.1. The third kappa shape index (κ3) is 4.19. The summed E-state index contributed by atoms with van der Waals surface area (Å²) in [5, 5.41) is 8.19. The summed E-state index contributed by atoms with van der Waals surface area (Å²) in [5.74, 6) is 1.74. The highest BCUT2D eigenvalue weighted by Gasteiger charge is 2.29. The van der Waals surface area contributed by atoms with Gasteiger partial charge in [0.15, 0.2) is 0 Å². The third-order valence-corrected chi connectivity index (χ3v) is 6.45. The molecule has 1 aliphatic carbocycles. The molecule has 1 fully saturated rings. The number of rotatable bonds is 8. The summed E-state index contributed by atoms with van der Waals surface area (Å²) in [4.78, 5) is 19.1. The number of nitrogens with two attached hydrogens (primary N) is 1. The highest BCUT2D eigenvalue weighted by molar-refractivity contribution is 7.15. The Kier molecular flexibility index (Phi) is 5.54. The standard InChI is InChI=1S/C22H21FN6O2S/c23-9-14(10-24)11-29-22(30)28(13-25-29)12-18-6-7-19(32-18)16-2-1-3-17(8-16)20-26-21(31-27-20)15-4-5-15/h1-3,6-9,13,15H,4-5,10-12,24H2/b14-9+. The fraction of sp³-hybridized carbons (Fsp3) is 0.273. The first kappa shape index (κ1) is 20.5. The van der Waals surface area contributed by atoms with Crippen LogP contribution >= 0.6 is 11.3 Å². The lowest BCUT2D eigenvalue weighted by Crippen LogP contribution is -2.26. The van der Waals surface area contributed by atoms with E-state index in [1.54, 1.807) is 11.3 Å². The number of hydrogen-bond acceptors (Lipinski definition) is 7. The molecule has 8 nitrogen and oxygen atoms in total. The number of nitrogens with zero attached hydrogens (tertiary/aromatic N) is 5. The molecule has 0 atom stereocenters. The molecule has 3 heterocycles. The van der Waals surface area contributed by atoms with Crippen molar-refractivity contribution < 1.29 is 8.91 Å². The summed E-state index contributed by atoms with van der Waals surface area (Å²) in [5.41, 5.74) is 7.41. The summed E-state index contributed by atoms with van der Waals surface area (Å²) in [6, 6.07) is 12.0. The van der Waals surface area contributed by atoms with E-state index in [1.165, 1.54) is 15.6 Å². The highest BCUT2D eigenvalue weighted by Crippen LogP contribution is 2.39. The number of aromatic nitrogens is 5. The van der Waals surface area contributed by atoms with E-state index >= 15 is 0 Å². The fourth-order valence-electron chi connectivity index (χ4n) is 3.37. The largest absolute Gasteiger partial charge is 0.346 e. The van der Waals surface area contributed by atoms with Crippen LogP contribution in [0.4, 0.5) is 4.39 Å². The van der Waals surface area contributed by atoms with Crippen LogP contribution in [0, 0.1) is 0 Å². The van der Waals surface area contributed by atoms with E-state index < -0.39 is 0 Å². The van der Waals surface area contributed by atoms with E-state index in [9.17, 15) is 9.18 Å². The molecule has 1 aliphatic rings. The molecular weight excluding hydrogens is 431 g/mol. The smallest absolute Gasteiger partial charge is 0.339 e. The molecule has 32 heavy (non-hydrogen) atoms. The Morgan fingerprint density at radius 2 is 2.12 bits per heavy atom. The molecule has 3 aromatic heterocycles. The molecule has 0 amide bonds. The van der Waals surface area contributed by atoms with Crippen LogP contribution in [0.2, 0.25) is 0 Å². The molecule has 0 radical (unpaired) electrons. The molecule has 0 unspecified atom stereocenters. The minimum atomic E-state index is -0.307. The summed E-state index contributed by atoms with van der Waals surface area (Å²) in [6.07, 6.45) is 4.11. The first-order chi connectivity index (χ1) is 15.6. The fourth-order valence-corrected chi connectivity index (χ4v) is 4.37. The van der Waals surface area contributed by atoms with Gasteiger partial charge in [-0.05, 0) is 42.2 Å². The average molecular weight is 453 g/mol. The molecule has 0 saturated heterocycles. The Balaban J connectivity index is 1.33. The van der Waals surface area contributed by atoms with Gasteiger partial charge >= 0.3 is 5.69 Å². The Bertz CT molecular complexity index is 1330. The second-order valence-corrected chi connectivity index (χ2v) is 8.92. The van der Waals surface area contributed by atoms with Crippen LogP contribution in [-0.4, -0.2) is 31.0 Å². The van der Waals surface area contributed by atoms with Crippen LogP contribution in [0.5, 0.6) is 0 Å². The molecule has 0 aliphatic heterocycles. The highest BCUT2D eigenvalue weighted by atomic mass is 32.1. The number of thiophene rings is 1. The van der Waals surface area contributed by atoms with Gasteiger partial charge in [0.2, 0.25) is 11.7 Å². The van der Waals surface area contributed by atoms with Gasteiger partial charge in [0.25, 0.3) is 0 Å². The topological polar surface area (TPSA) is 105 Å². The van der Waals surface area contributed by atoms with Crippen molar-refractivity contribution in [3.8, 4) is 21.8 Å². The maximum absolute atomic E-state index is 12.8. The Morgan fingerprint density at radius 3 is 2.91 bits per heavy atom. The average Bonchev–Trinajstić information content (AvgIpc) is 3.21. The van der Waals surface area contributed by atoms with Gasteiger partial charge in [0.1, 0.15) is 6.33 Å². The molecule has 2 N–H and O–H groups in total. The number of halogens is 1. The predicted molar refractivity (Wildman–Crippen MR) is 119 cm³/mol. The normalized spacial score (nSPS) is 14.2. The molecule has 1 saturated carbocycles. The Hall–Kier alpha value is -3.37. The second kappa shape index (κ2) is 8.64. The molecule has 4 aromatic rings. The Labute approximate surface area is 186 Å². The van der Waals surface area contributed by atoms with Crippen molar-refractivity contribution in [2.45, 2.75) is 31.8 Å². The van der Waals surface area contributed by atoms with Crippen molar-refractivity contribution in [2.75, 3.05) is 6.54 Å². The summed E-state index contributed by atoms with van der Waals surface area (Å²) < 4.78 is 20.8. The quantitative estimate of drug-likeness (QED) is 0.438. The van der Waals surface area contributed by atoms with Gasteiger partial charge in [0, 0.05) is 27.8 Å². The summed E-state index contributed by atoms with van der Waals surface area (Å²) >= 11 is 1.59. The summed E-state index contributed by atoms with van der Waals surface area (Å²) in [6.45, 7) is 0.463. The maximum Gasteiger partial charge on any atom is 0.346 e. The van der Waals surface area contributed by atoms with E-state index in [4.69, 9.17) is 10.3 Å². The minimum absolute atomic E-state index is 0.0366. The van der Waals surface area contributed by atoms with Crippen LogP contribution in [0.3, 0.4) is 0 Å². The first-order valence-electron chi connectivity index (χ1n) is 10.3. The zero-order valence-electron chi connectivity index (χ0n) is 17.1. The van der Waals surface area contributed by atoms with Crippen LogP contribution in [-0.2, 0) is 13.1 Å². The van der Waals surface area contributed by atoms with Gasteiger partial charge in [-0.25, -0.2) is 13.9 Å². The van der Waals surface area contributed by atoms with Crippen molar-refractivity contribution in [1.29, 1.82) is 0 Å². The van der Waals surface area contributed by atoms with E-state index in [2.05, 4.69) is 15.2 Å². The minimum Gasteiger partial charge on any atom is -0.339 e. The number of hydrogen-bond donors (Lipinski definition) is 1. The second-order valence-electron chi connectivity index (χ2n) is 7.75. The molecular formula is C22H21FN6O2S. The van der Waals surface area contributed by atoms with Crippen molar-refractivity contribution in [3.05, 3.63) is 75.9 Å². The van der Waals surface area contributed by atoms with E-state index in [0.717, 1.165) is 39.6 Å². The number of benzene rings is 1. The maximum atomic E-state index is 12.8. The van der Waals surface area contributed by atoms with Crippen LogP contribution in [0.15, 0.2) is 63.9 Å². The predicted octanol–water partition coefficient (Wildman–Crippen LogP) is 3.56. The lowest BCUT2D eigenvalue weighted by atomic mass is 10.1. The molecule has 5 rings (SSSR count). The zero-order chi connectivity index (χ0) is 22.1. The van der Waals surface area contributed by atoms with Gasteiger partial charge in [-0.2, -0.15) is 10.1 Å². The third-order valence-electron chi connectivity index (χ3n) is 5.33. The van der Waals surface area contributed by atoms with Gasteiger partial charge in [-0.1, -0.05) is 23.4 Å². The Morgan fingerprint density at radius 1 is 1.28 bits per heavy atom. The van der Waals surface area contributed by atoms with Crippen molar-refractivity contribution in [3.63, 3.8) is 0 Å². The van der Waals surface area contributed by atoms with Gasteiger partial charge in [-0.15, -0.1) is 11.3 Å². The van der Waals surface area contributed by atoms with Crippen LogP contribution in [0.1, 0.15) is 29.5 Å². The van der Waals surface area contributed by atoms with Gasteiger partial charge < -0.3 is 10.3 Å². The summed E-state index contributed by atoms with van der Waals surface area (Å²) in [7, 11) is 0. The van der Waals surface area contributed by atoms with Crippen LogP contribution < -0.4 is 11.4 Å². The monoisotopic (exact) mass is 452 g/mol.